The first kappa shape index (κ1) is 29.0. The minimum Gasteiger partial charge on any atom is -0.481 e. The summed E-state index contributed by atoms with van der Waals surface area (Å²) in [5.41, 5.74) is 0.150. The minimum absolute atomic E-state index is 0.0622. The molecule has 35 heavy (non-hydrogen) atoms. The molecule has 0 aromatic rings. The van der Waals surface area contributed by atoms with Gasteiger partial charge in [0, 0.05) is 0 Å². The summed E-state index contributed by atoms with van der Waals surface area (Å²) >= 11 is 0. The van der Waals surface area contributed by atoms with Gasteiger partial charge in [-0.25, -0.2) is 0 Å². The zero-order valence-corrected chi connectivity index (χ0v) is 23.8. The summed E-state index contributed by atoms with van der Waals surface area (Å²) in [5.74, 6) is 0.471. The number of rotatable bonds is 15. The van der Waals surface area contributed by atoms with E-state index in [1.807, 2.05) is 0 Å². The predicted molar refractivity (Wildman–Crippen MR) is 150 cm³/mol. The molecule has 0 heterocycles. The lowest BCUT2D eigenvalue weighted by Gasteiger charge is -2.58. The van der Waals surface area contributed by atoms with E-state index in [1.54, 1.807) is 0 Å². The van der Waals surface area contributed by atoms with Gasteiger partial charge < -0.3 is 5.11 Å². The van der Waals surface area contributed by atoms with E-state index in [2.05, 4.69) is 13.8 Å². The first-order chi connectivity index (χ1) is 17.0. The summed E-state index contributed by atoms with van der Waals surface area (Å²) in [6.45, 7) is 4.60. The molecule has 0 unspecified atom stereocenters. The Labute approximate surface area is 218 Å². The van der Waals surface area contributed by atoms with Crippen LogP contribution in [0.5, 0.6) is 0 Å². The Bertz CT molecular complexity index is 588. The largest absolute Gasteiger partial charge is 0.481 e. The Balaban J connectivity index is 1.69. The molecule has 3 saturated carbocycles. The van der Waals surface area contributed by atoms with Crippen molar-refractivity contribution in [2.75, 3.05) is 0 Å². The van der Waals surface area contributed by atoms with Crippen molar-refractivity contribution in [3.8, 4) is 0 Å². The lowest BCUT2D eigenvalue weighted by atomic mass is 9.46. The molecule has 204 valence electrons. The Kier molecular flexibility index (Phi) is 12.0. The van der Waals surface area contributed by atoms with E-state index in [1.165, 1.54) is 135 Å². The summed E-state index contributed by atoms with van der Waals surface area (Å²) in [7, 11) is 0. The summed E-state index contributed by atoms with van der Waals surface area (Å²) in [4.78, 5) is 12.9. The maximum absolute atomic E-state index is 12.9. The van der Waals surface area contributed by atoms with Gasteiger partial charge in [0.1, 0.15) is 0 Å². The zero-order valence-electron chi connectivity index (χ0n) is 23.8. The number of aliphatic carboxylic acids is 1. The van der Waals surface area contributed by atoms with Crippen LogP contribution in [0, 0.1) is 22.2 Å². The monoisotopic (exact) mass is 488 g/mol. The van der Waals surface area contributed by atoms with Gasteiger partial charge in [0.25, 0.3) is 0 Å². The van der Waals surface area contributed by atoms with Crippen molar-refractivity contribution in [3.05, 3.63) is 0 Å². The van der Waals surface area contributed by atoms with Crippen molar-refractivity contribution < 1.29 is 9.90 Å². The van der Waals surface area contributed by atoms with Gasteiger partial charge >= 0.3 is 5.97 Å². The van der Waals surface area contributed by atoms with Gasteiger partial charge in [-0.3, -0.25) is 4.79 Å². The van der Waals surface area contributed by atoms with Crippen molar-refractivity contribution in [1.29, 1.82) is 0 Å². The molecule has 3 rings (SSSR count). The van der Waals surface area contributed by atoms with Crippen LogP contribution in [0.2, 0.25) is 0 Å². The molecule has 3 fully saturated rings. The molecule has 0 radical (unpaired) electrons. The topological polar surface area (TPSA) is 37.3 Å². The molecule has 3 aliphatic rings. The maximum Gasteiger partial charge on any atom is 0.310 e. The van der Waals surface area contributed by atoms with E-state index < -0.39 is 11.4 Å². The number of carboxylic acids is 1. The molecular weight excluding hydrogens is 428 g/mol. The Morgan fingerprint density at radius 2 is 1.17 bits per heavy atom. The average molecular weight is 489 g/mol. The van der Waals surface area contributed by atoms with Crippen molar-refractivity contribution in [3.63, 3.8) is 0 Å². The highest BCUT2D eigenvalue weighted by Crippen LogP contribution is 2.64. The fourth-order valence-corrected chi connectivity index (χ4v) is 9.02. The third-order valence-electron chi connectivity index (χ3n) is 11.3. The van der Waals surface area contributed by atoms with Crippen molar-refractivity contribution in [2.45, 2.75) is 181 Å². The molecule has 2 nitrogen and oxygen atoms in total. The van der Waals surface area contributed by atoms with Crippen LogP contribution in [0.3, 0.4) is 0 Å². The molecule has 0 atom stereocenters. The third kappa shape index (κ3) is 7.07. The van der Waals surface area contributed by atoms with Crippen LogP contribution in [0.15, 0.2) is 0 Å². The smallest absolute Gasteiger partial charge is 0.310 e. The fourth-order valence-electron chi connectivity index (χ4n) is 9.02. The molecule has 0 spiro atoms. The average Bonchev–Trinajstić information content (AvgIpc) is 2.90. The molecule has 0 aliphatic heterocycles. The predicted octanol–water partition coefficient (Wildman–Crippen LogP) is 10.9. The fraction of sp³-hybridized carbons (Fsp3) is 0.970. The minimum atomic E-state index is -0.443. The molecule has 2 heteroatoms. The van der Waals surface area contributed by atoms with E-state index in [9.17, 15) is 9.90 Å². The quantitative estimate of drug-likeness (QED) is 0.233. The number of carboxylic acid groups (broad SMARTS) is 1. The molecular formula is C33H60O2. The number of unbranched alkanes of at least 4 members (excludes halogenated alkanes) is 8. The van der Waals surface area contributed by atoms with Gasteiger partial charge in [-0.1, -0.05) is 117 Å². The Morgan fingerprint density at radius 1 is 0.629 bits per heavy atom. The molecule has 3 aliphatic carbocycles. The summed E-state index contributed by atoms with van der Waals surface area (Å²) in [6, 6.07) is 0. The summed E-state index contributed by atoms with van der Waals surface area (Å²) in [5, 5.41) is 10.7. The summed E-state index contributed by atoms with van der Waals surface area (Å²) in [6.07, 6.45) is 33.9. The molecule has 0 aromatic heterocycles. The van der Waals surface area contributed by atoms with Gasteiger partial charge in [0.2, 0.25) is 0 Å². The SMILES string of the molecule is CCCCCCCCCCC1(C2CCCCC2)CCC(CCCC)(C2(C(=O)O)CCCCC2)CC1. The second kappa shape index (κ2) is 14.4. The highest BCUT2D eigenvalue weighted by molar-refractivity contribution is 5.76. The highest BCUT2D eigenvalue weighted by atomic mass is 16.4. The van der Waals surface area contributed by atoms with E-state index in [-0.39, 0.29) is 5.41 Å². The zero-order chi connectivity index (χ0) is 25.0. The summed E-state index contributed by atoms with van der Waals surface area (Å²) < 4.78 is 0. The van der Waals surface area contributed by atoms with Crippen molar-refractivity contribution in [2.24, 2.45) is 22.2 Å². The van der Waals surface area contributed by atoms with Gasteiger partial charge in [-0.2, -0.15) is 0 Å². The lowest BCUT2D eigenvalue weighted by Crippen LogP contribution is -2.53. The highest BCUT2D eigenvalue weighted by Gasteiger charge is 2.59. The van der Waals surface area contributed by atoms with Gasteiger partial charge in [-0.05, 0) is 81.0 Å². The Morgan fingerprint density at radius 3 is 1.74 bits per heavy atom. The normalized spacial score (nSPS) is 29.8. The number of hydrogen-bond donors (Lipinski definition) is 1. The van der Waals surface area contributed by atoms with Crippen molar-refractivity contribution in [1.82, 2.24) is 0 Å². The van der Waals surface area contributed by atoms with E-state index in [0.717, 1.165) is 38.0 Å². The molecule has 0 bridgehead atoms. The van der Waals surface area contributed by atoms with Crippen molar-refractivity contribution >= 4 is 5.97 Å². The maximum atomic E-state index is 12.9. The second-order valence-electron chi connectivity index (χ2n) is 13.3. The molecule has 0 saturated heterocycles. The van der Waals surface area contributed by atoms with Crippen LogP contribution in [0.25, 0.3) is 0 Å². The van der Waals surface area contributed by atoms with Crippen LogP contribution < -0.4 is 0 Å². The lowest BCUT2D eigenvalue weighted by molar-refractivity contribution is -0.171. The number of carbonyl (C=O) groups is 1. The molecule has 0 amide bonds. The van der Waals surface area contributed by atoms with Gasteiger partial charge in [-0.15, -0.1) is 0 Å². The van der Waals surface area contributed by atoms with Crippen LogP contribution in [0.1, 0.15) is 181 Å². The van der Waals surface area contributed by atoms with E-state index in [4.69, 9.17) is 0 Å². The molecule has 0 aromatic carbocycles. The number of hydrogen-bond acceptors (Lipinski definition) is 1. The molecule has 1 N–H and O–H groups in total. The van der Waals surface area contributed by atoms with Gasteiger partial charge in [0.05, 0.1) is 5.41 Å². The third-order valence-corrected chi connectivity index (χ3v) is 11.3. The van der Waals surface area contributed by atoms with E-state index in [0.29, 0.717) is 5.41 Å². The second-order valence-corrected chi connectivity index (χ2v) is 13.3. The van der Waals surface area contributed by atoms with Crippen LogP contribution >= 0.6 is 0 Å². The Hall–Kier alpha value is -0.530. The van der Waals surface area contributed by atoms with Crippen LogP contribution in [0.4, 0.5) is 0 Å². The van der Waals surface area contributed by atoms with Gasteiger partial charge in [0.15, 0.2) is 0 Å². The first-order valence-electron chi connectivity index (χ1n) is 16.3. The van der Waals surface area contributed by atoms with E-state index >= 15 is 0 Å². The van der Waals surface area contributed by atoms with Crippen LogP contribution in [-0.4, -0.2) is 11.1 Å². The first-order valence-corrected chi connectivity index (χ1v) is 16.3. The van der Waals surface area contributed by atoms with Crippen LogP contribution in [-0.2, 0) is 4.79 Å². The standard InChI is InChI=1S/C33H60O2/c1-3-5-7-8-9-10-11-16-21-31(29-19-14-12-15-20-29)25-27-32(28-26-31,22-6-4-2)33(30(34)35)23-17-13-18-24-33/h29H,3-28H2,1-2H3,(H,34,35).